The molecule has 8 heteroatoms. The van der Waals surface area contributed by atoms with E-state index in [9.17, 15) is 4.79 Å². The van der Waals surface area contributed by atoms with Gasteiger partial charge in [-0.1, -0.05) is 26.7 Å². The Bertz CT molecular complexity index is 595. The number of hydrogen-bond acceptors (Lipinski definition) is 5. The molecule has 29 heavy (non-hydrogen) atoms. The lowest BCUT2D eigenvalue weighted by atomic mass is 9.92. The highest BCUT2D eigenvalue weighted by atomic mass is 16.5. The van der Waals surface area contributed by atoms with Crippen LogP contribution in [0.3, 0.4) is 0 Å². The Morgan fingerprint density at radius 3 is 2.48 bits per heavy atom. The van der Waals surface area contributed by atoms with Crippen molar-refractivity contribution < 1.29 is 13.9 Å². The summed E-state index contributed by atoms with van der Waals surface area (Å²) in [5.41, 5.74) is 0. The second-order valence-electron chi connectivity index (χ2n) is 7.17. The van der Waals surface area contributed by atoms with Gasteiger partial charge in [0, 0.05) is 38.8 Å². The third-order valence-corrected chi connectivity index (χ3v) is 5.34. The molecule has 0 aromatic carbocycles. The SMILES string of the molecule is CCNC(=NCC(C(CC)CC)N1CCOCC1)NCCNC(=O)c1ccco1. The van der Waals surface area contributed by atoms with Crippen molar-refractivity contribution in [1.29, 1.82) is 0 Å². The molecule has 0 saturated carbocycles. The summed E-state index contributed by atoms with van der Waals surface area (Å²) in [6, 6.07) is 3.77. The molecular weight excluding hydrogens is 370 g/mol. The molecule has 1 saturated heterocycles. The van der Waals surface area contributed by atoms with Gasteiger partial charge in [-0.25, -0.2) is 0 Å². The van der Waals surface area contributed by atoms with Crippen LogP contribution in [0.4, 0.5) is 0 Å². The van der Waals surface area contributed by atoms with Crippen molar-refractivity contribution in [2.75, 3.05) is 52.5 Å². The second-order valence-corrected chi connectivity index (χ2v) is 7.17. The van der Waals surface area contributed by atoms with Gasteiger partial charge in [0.05, 0.1) is 26.0 Å². The van der Waals surface area contributed by atoms with Crippen LogP contribution in [0.1, 0.15) is 44.2 Å². The molecule has 1 aromatic heterocycles. The molecule has 1 amide bonds. The molecule has 1 fully saturated rings. The fraction of sp³-hybridized carbons (Fsp3) is 0.714. The van der Waals surface area contributed by atoms with Crippen molar-refractivity contribution in [3.8, 4) is 0 Å². The average Bonchev–Trinajstić information content (AvgIpc) is 3.29. The zero-order valence-corrected chi connectivity index (χ0v) is 18.1. The van der Waals surface area contributed by atoms with E-state index in [1.165, 1.54) is 6.26 Å². The van der Waals surface area contributed by atoms with E-state index in [1.54, 1.807) is 12.1 Å². The van der Waals surface area contributed by atoms with Crippen LogP contribution in [0.2, 0.25) is 0 Å². The third-order valence-electron chi connectivity index (χ3n) is 5.34. The first-order chi connectivity index (χ1) is 14.2. The predicted octanol–water partition coefficient (Wildman–Crippen LogP) is 1.70. The van der Waals surface area contributed by atoms with E-state index in [1.807, 2.05) is 0 Å². The molecule has 2 heterocycles. The quantitative estimate of drug-likeness (QED) is 0.294. The van der Waals surface area contributed by atoms with E-state index in [2.05, 4.69) is 41.6 Å². The number of amides is 1. The summed E-state index contributed by atoms with van der Waals surface area (Å²) in [6.07, 6.45) is 3.79. The van der Waals surface area contributed by atoms with Gasteiger partial charge < -0.3 is 25.1 Å². The van der Waals surface area contributed by atoms with E-state index in [-0.39, 0.29) is 5.91 Å². The summed E-state index contributed by atoms with van der Waals surface area (Å²) in [5.74, 6) is 1.51. The van der Waals surface area contributed by atoms with Crippen LogP contribution in [0.5, 0.6) is 0 Å². The first-order valence-corrected chi connectivity index (χ1v) is 10.8. The number of hydrogen-bond donors (Lipinski definition) is 3. The van der Waals surface area contributed by atoms with Crippen LogP contribution < -0.4 is 16.0 Å². The Morgan fingerprint density at radius 2 is 1.86 bits per heavy atom. The third kappa shape index (κ3) is 7.70. The van der Waals surface area contributed by atoms with E-state index in [0.717, 1.165) is 58.2 Å². The zero-order valence-electron chi connectivity index (χ0n) is 18.1. The maximum absolute atomic E-state index is 11.9. The van der Waals surface area contributed by atoms with Gasteiger partial charge in [0.15, 0.2) is 11.7 Å². The van der Waals surface area contributed by atoms with Gasteiger partial charge in [-0.2, -0.15) is 0 Å². The first-order valence-electron chi connectivity index (χ1n) is 10.8. The predicted molar refractivity (Wildman–Crippen MR) is 115 cm³/mol. The van der Waals surface area contributed by atoms with Gasteiger partial charge in [-0.15, -0.1) is 0 Å². The first kappa shape index (κ1) is 23.2. The minimum Gasteiger partial charge on any atom is -0.459 e. The highest BCUT2D eigenvalue weighted by Gasteiger charge is 2.26. The molecule has 1 atom stereocenters. The molecule has 1 aliphatic rings. The van der Waals surface area contributed by atoms with Crippen LogP contribution >= 0.6 is 0 Å². The number of carbonyl (C=O) groups excluding carboxylic acids is 1. The summed E-state index contributed by atoms with van der Waals surface area (Å²) in [7, 11) is 0. The maximum Gasteiger partial charge on any atom is 0.287 e. The van der Waals surface area contributed by atoms with Gasteiger partial charge in [0.2, 0.25) is 0 Å². The topological polar surface area (TPSA) is 91.1 Å². The van der Waals surface area contributed by atoms with Crippen molar-refractivity contribution in [1.82, 2.24) is 20.9 Å². The van der Waals surface area contributed by atoms with Gasteiger partial charge in [-0.3, -0.25) is 14.7 Å². The van der Waals surface area contributed by atoms with E-state index in [4.69, 9.17) is 14.1 Å². The summed E-state index contributed by atoms with van der Waals surface area (Å²) >= 11 is 0. The Hall–Kier alpha value is -2.06. The van der Waals surface area contributed by atoms with Crippen LogP contribution in [0, 0.1) is 5.92 Å². The van der Waals surface area contributed by atoms with E-state index < -0.39 is 0 Å². The van der Waals surface area contributed by atoms with Crippen molar-refractivity contribution in [3.05, 3.63) is 24.2 Å². The lowest BCUT2D eigenvalue weighted by molar-refractivity contribution is 0.00395. The summed E-state index contributed by atoms with van der Waals surface area (Å²) in [4.78, 5) is 19.3. The Morgan fingerprint density at radius 1 is 1.14 bits per heavy atom. The smallest absolute Gasteiger partial charge is 0.287 e. The van der Waals surface area contributed by atoms with Crippen molar-refractivity contribution in [2.45, 2.75) is 39.7 Å². The van der Waals surface area contributed by atoms with Crippen molar-refractivity contribution in [2.24, 2.45) is 10.9 Å². The molecule has 0 bridgehead atoms. The van der Waals surface area contributed by atoms with E-state index >= 15 is 0 Å². The number of nitrogens with one attached hydrogen (secondary N) is 3. The van der Waals surface area contributed by atoms with Crippen LogP contribution in [0.25, 0.3) is 0 Å². The monoisotopic (exact) mass is 407 g/mol. The molecule has 1 unspecified atom stereocenters. The lowest BCUT2D eigenvalue weighted by Gasteiger charge is -2.38. The molecule has 1 aromatic rings. The number of guanidine groups is 1. The number of ether oxygens (including phenoxy) is 1. The lowest BCUT2D eigenvalue weighted by Crippen LogP contribution is -2.49. The number of rotatable bonds is 11. The summed E-state index contributed by atoms with van der Waals surface area (Å²) in [5, 5.41) is 9.44. The number of aliphatic imine (C=N–C) groups is 1. The molecule has 0 spiro atoms. The van der Waals surface area contributed by atoms with Crippen molar-refractivity contribution in [3.63, 3.8) is 0 Å². The van der Waals surface area contributed by atoms with Crippen molar-refractivity contribution >= 4 is 11.9 Å². The fourth-order valence-corrected chi connectivity index (χ4v) is 3.68. The fourth-order valence-electron chi connectivity index (χ4n) is 3.68. The highest BCUT2D eigenvalue weighted by Crippen LogP contribution is 2.20. The minimum absolute atomic E-state index is 0.208. The van der Waals surface area contributed by atoms with Crippen LogP contribution in [0.15, 0.2) is 27.8 Å². The molecule has 3 N–H and O–H groups in total. The number of furan rings is 1. The Kier molecular flexibility index (Phi) is 10.6. The molecule has 1 aliphatic heterocycles. The second kappa shape index (κ2) is 13.2. The molecule has 0 aliphatic carbocycles. The van der Waals surface area contributed by atoms with Gasteiger partial charge in [0.25, 0.3) is 5.91 Å². The normalized spacial score (nSPS) is 16.6. The Labute approximate surface area is 174 Å². The molecule has 164 valence electrons. The Balaban J connectivity index is 1.87. The van der Waals surface area contributed by atoms with Crippen LogP contribution in [-0.4, -0.2) is 75.3 Å². The zero-order chi connectivity index (χ0) is 20.9. The number of nitrogens with zero attached hydrogens (tertiary/aromatic N) is 2. The highest BCUT2D eigenvalue weighted by molar-refractivity contribution is 5.91. The van der Waals surface area contributed by atoms with Gasteiger partial charge >= 0.3 is 0 Å². The van der Waals surface area contributed by atoms with Gasteiger partial charge in [0.1, 0.15) is 0 Å². The molecular formula is C21H37N5O3. The largest absolute Gasteiger partial charge is 0.459 e. The molecule has 0 radical (unpaired) electrons. The standard InChI is InChI=1S/C21H37N5O3/c1-4-17(5-2)18(26-11-14-28-15-12-26)16-25-21(22-6-3)24-10-9-23-20(27)19-8-7-13-29-19/h7-8,13,17-18H,4-6,9-12,14-16H2,1-3H3,(H,23,27)(H2,22,24,25). The average molecular weight is 408 g/mol. The number of morpholine rings is 1. The van der Waals surface area contributed by atoms with Gasteiger partial charge in [-0.05, 0) is 25.0 Å². The number of carbonyl (C=O) groups is 1. The van der Waals surface area contributed by atoms with Crippen LogP contribution in [-0.2, 0) is 4.74 Å². The van der Waals surface area contributed by atoms with E-state index in [0.29, 0.717) is 30.8 Å². The summed E-state index contributed by atoms with van der Waals surface area (Å²) < 4.78 is 10.6. The maximum atomic E-state index is 11.9. The molecule has 8 nitrogen and oxygen atoms in total. The molecule has 2 rings (SSSR count). The minimum atomic E-state index is -0.208. The summed E-state index contributed by atoms with van der Waals surface area (Å²) in [6.45, 7) is 12.7.